The molecule has 7 heteroatoms. The van der Waals surface area contributed by atoms with Gasteiger partial charge in [0.05, 0.1) is 6.42 Å². The van der Waals surface area contributed by atoms with Crippen molar-refractivity contribution in [2.24, 2.45) is 0 Å². The lowest BCUT2D eigenvalue weighted by molar-refractivity contribution is -0.137. The summed E-state index contributed by atoms with van der Waals surface area (Å²) in [6, 6.07) is -0.474. The van der Waals surface area contributed by atoms with Gasteiger partial charge in [0.25, 0.3) is 0 Å². The monoisotopic (exact) mass is 297 g/mol. The average molecular weight is 297 g/mol. The van der Waals surface area contributed by atoms with E-state index in [9.17, 15) is 14.4 Å². The van der Waals surface area contributed by atoms with Crippen LogP contribution in [0.1, 0.15) is 38.5 Å². The molecule has 1 saturated carbocycles. The molecule has 1 atom stereocenters. The number of likely N-dealkylation sites (tertiary alicyclic amines) is 1. The predicted molar refractivity (Wildman–Crippen MR) is 75.8 cm³/mol. The van der Waals surface area contributed by atoms with Crippen molar-refractivity contribution in [2.75, 3.05) is 20.1 Å². The molecule has 0 bridgehead atoms. The topological polar surface area (TPSA) is 90.0 Å². The number of hydrogen-bond acceptors (Lipinski definition) is 3. The van der Waals surface area contributed by atoms with Crippen molar-refractivity contribution in [3.8, 4) is 0 Å². The highest BCUT2D eigenvalue weighted by Crippen LogP contribution is 2.29. The minimum atomic E-state index is -0.907. The Hall–Kier alpha value is -1.79. The van der Waals surface area contributed by atoms with Crippen molar-refractivity contribution in [3.63, 3.8) is 0 Å². The lowest BCUT2D eigenvalue weighted by Crippen LogP contribution is -2.56. The van der Waals surface area contributed by atoms with E-state index in [-0.39, 0.29) is 30.9 Å². The van der Waals surface area contributed by atoms with E-state index in [4.69, 9.17) is 5.11 Å². The Morgan fingerprint density at radius 3 is 2.52 bits per heavy atom. The first-order valence-electron chi connectivity index (χ1n) is 7.55. The molecule has 1 heterocycles. The minimum Gasteiger partial charge on any atom is -0.481 e. The highest BCUT2D eigenvalue weighted by Gasteiger charge is 2.39. The summed E-state index contributed by atoms with van der Waals surface area (Å²) in [6.45, 7) is 0.781. The molecule has 1 aliphatic heterocycles. The Kier molecular flexibility index (Phi) is 5.03. The highest BCUT2D eigenvalue weighted by atomic mass is 16.4. The Morgan fingerprint density at radius 1 is 1.24 bits per heavy atom. The summed E-state index contributed by atoms with van der Waals surface area (Å²) in [5.41, 5.74) is 0. The number of carboxylic acid groups (broad SMARTS) is 1. The van der Waals surface area contributed by atoms with Gasteiger partial charge >= 0.3 is 12.0 Å². The maximum Gasteiger partial charge on any atom is 0.320 e. The maximum absolute atomic E-state index is 12.7. The number of likely N-dealkylation sites (N-methyl/N-ethyl adjacent to an activating group) is 1. The van der Waals surface area contributed by atoms with E-state index in [0.29, 0.717) is 13.0 Å². The number of rotatable bonds is 5. The lowest BCUT2D eigenvalue weighted by Gasteiger charge is -2.38. The average Bonchev–Trinajstić information content (AvgIpc) is 3.31. The van der Waals surface area contributed by atoms with Crippen molar-refractivity contribution >= 4 is 17.9 Å². The Labute approximate surface area is 124 Å². The largest absolute Gasteiger partial charge is 0.481 e. The van der Waals surface area contributed by atoms with Crippen molar-refractivity contribution < 1.29 is 19.5 Å². The zero-order valence-electron chi connectivity index (χ0n) is 12.4. The van der Waals surface area contributed by atoms with Crippen molar-refractivity contribution in [2.45, 2.75) is 50.6 Å². The number of urea groups is 1. The maximum atomic E-state index is 12.7. The number of carbonyl (C=O) groups excluding carboxylic acids is 2. The fraction of sp³-hybridized carbons (Fsp3) is 0.786. The third kappa shape index (κ3) is 3.86. The molecule has 118 valence electrons. The van der Waals surface area contributed by atoms with Gasteiger partial charge < -0.3 is 20.2 Å². The number of nitrogens with zero attached hydrogens (tertiary/aromatic N) is 2. The van der Waals surface area contributed by atoms with Gasteiger partial charge in [0.2, 0.25) is 5.91 Å². The Bertz CT molecular complexity index is 422. The van der Waals surface area contributed by atoms with Crippen LogP contribution in [0.5, 0.6) is 0 Å². The van der Waals surface area contributed by atoms with E-state index in [1.165, 1.54) is 0 Å². The summed E-state index contributed by atoms with van der Waals surface area (Å²) < 4.78 is 0. The molecular formula is C14H23N3O4. The highest BCUT2D eigenvalue weighted by molar-refractivity contribution is 5.87. The molecule has 2 rings (SSSR count). The first-order chi connectivity index (χ1) is 10.0. The van der Waals surface area contributed by atoms with Gasteiger partial charge in [0.1, 0.15) is 6.04 Å². The van der Waals surface area contributed by atoms with Gasteiger partial charge in [-0.05, 0) is 32.1 Å². The van der Waals surface area contributed by atoms with Crippen molar-refractivity contribution in [1.29, 1.82) is 0 Å². The smallest absolute Gasteiger partial charge is 0.320 e. The van der Waals surface area contributed by atoms with Gasteiger partial charge in [0.15, 0.2) is 0 Å². The quantitative estimate of drug-likeness (QED) is 0.779. The van der Waals surface area contributed by atoms with Gasteiger partial charge in [-0.1, -0.05) is 0 Å². The van der Waals surface area contributed by atoms with Crippen LogP contribution in [0, 0.1) is 0 Å². The number of nitrogens with one attached hydrogen (secondary N) is 1. The number of hydrogen-bond donors (Lipinski definition) is 2. The molecule has 1 aliphatic carbocycles. The molecule has 0 spiro atoms. The Morgan fingerprint density at radius 2 is 1.95 bits per heavy atom. The molecule has 1 saturated heterocycles. The zero-order chi connectivity index (χ0) is 15.4. The molecule has 1 unspecified atom stereocenters. The molecule has 7 nitrogen and oxygen atoms in total. The number of piperidine rings is 1. The van der Waals surface area contributed by atoms with Gasteiger partial charge in [-0.2, -0.15) is 0 Å². The molecule has 3 amide bonds. The molecule has 2 N–H and O–H groups in total. The molecule has 2 fully saturated rings. The third-order valence-corrected chi connectivity index (χ3v) is 4.10. The predicted octanol–water partition coefficient (Wildman–Crippen LogP) is 0.646. The number of carbonyl (C=O) groups is 3. The Balaban J connectivity index is 2.06. The second-order valence-corrected chi connectivity index (χ2v) is 5.67. The lowest BCUT2D eigenvalue weighted by atomic mass is 10.0. The van der Waals surface area contributed by atoms with Crippen LogP contribution in [0.15, 0.2) is 0 Å². The van der Waals surface area contributed by atoms with E-state index >= 15 is 0 Å². The number of amides is 3. The van der Waals surface area contributed by atoms with Gasteiger partial charge in [-0.25, -0.2) is 4.79 Å². The van der Waals surface area contributed by atoms with E-state index in [1.54, 1.807) is 16.8 Å². The number of aliphatic carboxylic acids is 1. The van der Waals surface area contributed by atoms with E-state index in [2.05, 4.69) is 5.32 Å². The van der Waals surface area contributed by atoms with Crippen LogP contribution >= 0.6 is 0 Å². The summed E-state index contributed by atoms with van der Waals surface area (Å²) in [5, 5.41) is 11.4. The van der Waals surface area contributed by atoms with Crippen LogP contribution in [0.4, 0.5) is 4.79 Å². The van der Waals surface area contributed by atoms with Gasteiger partial charge in [-0.15, -0.1) is 0 Å². The first kappa shape index (κ1) is 15.6. The van der Waals surface area contributed by atoms with Crippen molar-refractivity contribution in [3.05, 3.63) is 0 Å². The van der Waals surface area contributed by atoms with Crippen LogP contribution in [0.3, 0.4) is 0 Å². The molecule has 21 heavy (non-hydrogen) atoms. The fourth-order valence-corrected chi connectivity index (χ4v) is 2.80. The molecule has 0 radical (unpaired) electrons. The number of carboxylic acids is 1. The third-order valence-electron chi connectivity index (χ3n) is 4.10. The summed E-state index contributed by atoms with van der Waals surface area (Å²) in [5.74, 6) is -1.05. The summed E-state index contributed by atoms with van der Waals surface area (Å²) in [4.78, 5) is 38.6. The summed E-state index contributed by atoms with van der Waals surface area (Å²) >= 11 is 0. The second-order valence-electron chi connectivity index (χ2n) is 5.67. The second kappa shape index (κ2) is 6.78. The molecular weight excluding hydrogens is 274 g/mol. The van der Waals surface area contributed by atoms with Crippen LogP contribution < -0.4 is 5.32 Å². The fourth-order valence-electron chi connectivity index (χ4n) is 2.80. The van der Waals surface area contributed by atoms with Crippen LogP contribution in [-0.2, 0) is 9.59 Å². The van der Waals surface area contributed by atoms with Crippen LogP contribution in [0.2, 0.25) is 0 Å². The van der Waals surface area contributed by atoms with Crippen LogP contribution in [-0.4, -0.2) is 65.0 Å². The van der Waals surface area contributed by atoms with E-state index in [1.807, 2.05) is 0 Å². The summed E-state index contributed by atoms with van der Waals surface area (Å²) in [7, 11) is 1.57. The molecule has 2 aliphatic rings. The molecule has 0 aromatic rings. The standard InChI is InChI=1S/C14H23N3O4/c1-15-13(20)11-4-2-3-8-17(11)14(21)16(10-5-6-10)9-7-12(18)19/h10-11H,2-9H2,1H3,(H,15,20)(H,18,19). The van der Waals surface area contributed by atoms with Gasteiger partial charge in [-0.3, -0.25) is 9.59 Å². The molecule has 0 aromatic carbocycles. The zero-order valence-corrected chi connectivity index (χ0v) is 12.4. The van der Waals surface area contributed by atoms with Gasteiger partial charge in [0, 0.05) is 26.2 Å². The van der Waals surface area contributed by atoms with Crippen LogP contribution in [0.25, 0.3) is 0 Å². The van der Waals surface area contributed by atoms with E-state index in [0.717, 1.165) is 25.7 Å². The first-order valence-corrected chi connectivity index (χ1v) is 7.55. The molecule has 0 aromatic heterocycles. The normalized spacial score (nSPS) is 21.8. The van der Waals surface area contributed by atoms with Crippen molar-refractivity contribution in [1.82, 2.24) is 15.1 Å². The minimum absolute atomic E-state index is 0.0548. The van der Waals surface area contributed by atoms with E-state index < -0.39 is 12.0 Å². The SMILES string of the molecule is CNC(=O)C1CCCCN1C(=O)N(CCC(=O)O)C1CC1. The summed E-state index contributed by atoms with van der Waals surface area (Å²) in [6.07, 6.45) is 4.27.